The predicted octanol–water partition coefficient (Wildman–Crippen LogP) is 3.24. The lowest BCUT2D eigenvalue weighted by Gasteiger charge is -2.34. The molecule has 0 spiro atoms. The van der Waals surface area contributed by atoms with Crippen molar-refractivity contribution in [3.8, 4) is 5.75 Å². The van der Waals surface area contributed by atoms with E-state index in [2.05, 4.69) is 17.1 Å². The summed E-state index contributed by atoms with van der Waals surface area (Å²) in [5.41, 5.74) is 2.39. The molecular weight excluding hydrogens is 378 g/mol. The zero-order chi connectivity index (χ0) is 20.8. The van der Waals surface area contributed by atoms with Crippen molar-refractivity contribution in [1.82, 2.24) is 14.8 Å². The van der Waals surface area contributed by atoms with E-state index in [1.165, 1.54) is 10.9 Å². The zero-order valence-electron chi connectivity index (χ0n) is 17.0. The molecule has 0 aliphatic carbocycles. The van der Waals surface area contributed by atoms with Gasteiger partial charge in [-0.15, -0.1) is 0 Å². The second kappa shape index (κ2) is 9.48. The number of ether oxygens (including phenoxy) is 1. The topological polar surface area (TPSA) is 65.6 Å². The summed E-state index contributed by atoms with van der Waals surface area (Å²) >= 11 is 0. The summed E-state index contributed by atoms with van der Waals surface area (Å²) in [5.74, 6) is 0.822. The molecule has 3 aromatic rings. The second-order valence-electron chi connectivity index (χ2n) is 7.58. The van der Waals surface area contributed by atoms with Gasteiger partial charge in [-0.25, -0.2) is 0 Å². The molecule has 4 rings (SSSR count). The first-order valence-corrected chi connectivity index (χ1v) is 10.5. The fourth-order valence-corrected chi connectivity index (χ4v) is 3.88. The van der Waals surface area contributed by atoms with Gasteiger partial charge in [0.15, 0.2) is 6.61 Å². The Balaban J connectivity index is 1.18. The first-order chi connectivity index (χ1) is 14.7. The van der Waals surface area contributed by atoms with Gasteiger partial charge in [0, 0.05) is 49.7 Å². The summed E-state index contributed by atoms with van der Waals surface area (Å²) in [7, 11) is 0. The third-order valence-electron chi connectivity index (χ3n) is 5.60. The van der Waals surface area contributed by atoms with Crippen LogP contribution in [0.4, 0.5) is 0 Å². The van der Waals surface area contributed by atoms with Crippen LogP contribution in [-0.2, 0) is 16.0 Å². The molecule has 1 aromatic heterocycles. The van der Waals surface area contributed by atoms with Gasteiger partial charge >= 0.3 is 0 Å². The Kier molecular flexibility index (Phi) is 6.32. The third kappa shape index (κ3) is 4.82. The van der Waals surface area contributed by atoms with Crippen LogP contribution in [0, 0.1) is 0 Å². The highest BCUT2D eigenvalue weighted by Gasteiger charge is 2.24. The Morgan fingerprint density at radius 1 is 0.867 bits per heavy atom. The maximum atomic E-state index is 12.6. The van der Waals surface area contributed by atoms with Gasteiger partial charge < -0.3 is 19.5 Å². The van der Waals surface area contributed by atoms with Crippen molar-refractivity contribution in [3.05, 3.63) is 66.4 Å². The molecule has 30 heavy (non-hydrogen) atoms. The van der Waals surface area contributed by atoms with Crippen molar-refractivity contribution in [3.63, 3.8) is 0 Å². The predicted molar refractivity (Wildman–Crippen MR) is 116 cm³/mol. The minimum Gasteiger partial charge on any atom is -0.484 e. The number of hydrogen-bond donors (Lipinski definition) is 1. The number of aryl methyl sites for hydroxylation is 1. The molecule has 0 saturated carbocycles. The van der Waals surface area contributed by atoms with Gasteiger partial charge in [0.1, 0.15) is 5.75 Å². The highest BCUT2D eigenvalue weighted by molar-refractivity contribution is 5.83. The molecule has 2 aromatic carbocycles. The van der Waals surface area contributed by atoms with Crippen molar-refractivity contribution >= 4 is 22.7 Å². The van der Waals surface area contributed by atoms with E-state index in [1.54, 1.807) is 4.90 Å². The summed E-state index contributed by atoms with van der Waals surface area (Å²) in [6.45, 7) is 2.32. The maximum absolute atomic E-state index is 12.6. The van der Waals surface area contributed by atoms with Crippen LogP contribution in [0.3, 0.4) is 0 Å². The molecule has 6 nitrogen and oxygen atoms in total. The lowest BCUT2D eigenvalue weighted by atomic mass is 10.1. The van der Waals surface area contributed by atoms with E-state index >= 15 is 0 Å². The SMILES string of the molecule is O=C(CCCc1c[nH]c2ccccc12)N1CCN(C(=O)COc2ccccc2)CC1. The fraction of sp³-hybridized carbons (Fsp3) is 0.333. The van der Waals surface area contributed by atoms with E-state index in [9.17, 15) is 9.59 Å². The normalized spacial score (nSPS) is 14.1. The molecular formula is C24H27N3O3. The summed E-state index contributed by atoms with van der Waals surface area (Å²) in [5, 5.41) is 1.23. The second-order valence-corrected chi connectivity index (χ2v) is 7.58. The average molecular weight is 405 g/mol. The summed E-state index contributed by atoms with van der Waals surface area (Å²) in [6, 6.07) is 17.6. The number of nitrogens with zero attached hydrogens (tertiary/aromatic N) is 2. The minimum atomic E-state index is -0.0368. The highest BCUT2D eigenvalue weighted by Crippen LogP contribution is 2.20. The van der Waals surface area contributed by atoms with E-state index in [-0.39, 0.29) is 18.4 Å². The number of aromatic nitrogens is 1. The average Bonchev–Trinajstić information content (AvgIpc) is 3.21. The number of fused-ring (bicyclic) bond motifs is 1. The van der Waals surface area contributed by atoms with E-state index in [0.29, 0.717) is 38.3 Å². The van der Waals surface area contributed by atoms with Crippen molar-refractivity contribution < 1.29 is 14.3 Å². The van der Waals surface area contributed by atoms with E-state index in [1.807, 2.05) is 53.6 Å². The molecule has 1 saturated heterocycles. The van der Waals surface area contributed by atoms with Crippen LogP contribution < -0.4 is 4.74 Å². The number of para-hydroxylation sites is 2. The third-order valence-corrected chi connectivity index (χ3v) is 5.60. The maximum Gasteiger partial charge on any atom is 0.260 e. The Bertz CT molecular complexity index is 991. The van der Waals surface area contributed by atoms with Crippen LogP contribution in [0.2, 0.25) is 0 Å². The van der Waals surface area contributed by atoms with Crippen LogP contribution in [0.1, 0.15) is 18.4 Å². The first kappa shape index (κ1) is 20.0. The van der Waals surface area contributed by atoms with Crippen LogP contribution in [0.15, 0.2) is 60.8 Å². The molecule has 2 heterocycles. The Morgan fingerprint density at radius 2 is 1.53 bits per heavy atom. The Morgan fingerprint density at radius 3 is 2.30 bits per heavy atom. The minimum absolute atomic E-state index is 0.0303. The molecule has 156 valence electrons. The van der Waals surface area contributed by atoms with Gasteiger partial charge in [-0.3, -0.25) is 9.59 Å². The monoisotopic (exact) mass is 405 g/mol. The number of H-pyrrole nitrogens is 1. The zero-order valence-corrected chi connectivity index (χ0v) is 17.0. The molecule has 1 N–H and O–H groups in total. The van der Waals surface area contributed by atoms with Crippen LogP contribution in [0.5, 0.6) is 5.75 Å². The number of nitrogens with one attached hydrogen (secondary N) is 1. The fourth-order valence-electron chi connectivity index (χ4n) is 3.88. The molecule has 2 amide bonds. The standard InChI is InChI=1S/C24H27N3O3/c28-23(12-6-7-19-17-25-22-11-5-4-10-21(19)22)26-13-15-27(16-14-26)24(29)18-30-20-8-2-1-3-9-20/h1-5,8-11,17,25H,6-7,12-16,18H2. The van der Waals surface area contributed by atoms with Gasteiger partial charge in [0.2, 0.25) is 5.91 Å². The van der Waals surface area contributed by atoms with Crippen molar-refractivity contribution in [1.29, 1.82) is 0 Å². The quantitative estimate of drug-likeness (QED) is 0.656. The smallest absolute Gasteiger partial charge is 0.260 e. The largest absolute Gasteiger partial charge is 0.484 e. The number of benzene rings is 2. The number of amides is 2. The van der Waals surface area contributed by atoms with Gasteiger partial charge in [-0.1, -0.05) is 36.4 Å². The first-order valence-electron chi connectivity index (χ1n) is 10.5. The molecule has 0 radical (unpaired) electrons. The van der Waals surface area contributed by atoms with E-state index < -0.39 is 0 Å². The Labute approximate surface area is 176 Å². The number of aromatic amines is 1. The molecule has 1 aliphatic rings. The van der Waals surface area contributed by atoms with Crippen LogP contribution in [-0.4, -0.2) is 59.4 Å². The number of hydrogen-bond acceptors (Lipinski definition) is 3. The number of piperazine rings is 1. The van der Waals surface area contributed by atoms with Crippen molar-refractivity contribution in [2.75, 3.05) is 32.8 Å². The summed E-state index contributed by atoms with van der Waals surface area (Å²) in [6.07, 6.45) is 4.28. The highest BCUT2D eigenvalue weighted by atomic mass is 16.5. The van der Waals surface area contributed by atoms with E-state index in [4.69, 9.17) is 4.74 Å². The molecule has 1 fully saturated rings. The van der Waals surface area contributed by atoms with Crippen molar-refractivity contribution in [2.45, 2.75) is 19.3 Å². The molecule has 0 unspecified atom stereocenters. The molecule has 1 aliphatic heterocycles. The summed E-state index contributed by atoms with van der Waals surface area (Å²) in [4.78, 5) is 31.9. The van der Waals surface area contributed by atoms with Gasteiger partial charge in [-0.05, 0) is 36.6 Å². The van der Waals surface area contributed by atoms with E-state index in [0.717, 1.165) is 18.4 Å². The molecule has 0 bridgehead atoms. The lowest BCUT2D eigenvalue weighted by Crippen LogP contribution is -2.51. The van der Waals surface area contributed by atoms with Gasteiger partial charge in [0.05, 0.1) is 0 Å². The summed E-state index contributed by atoms with van der Waals surface area (Å²) < 4.78 is 5.54. The van der Waals surface area contributed by atoms with Crippen LogP contribution in [0.25, 0.3) is 10.9 Å². The number of rotatable bonds is 7. The lowest BCUT2D eigenvalue weighted by molar-refractivity contribution is -0.140. The van der Waals surface area contributed by atoms with Gasteiger partial charge in [-0.2, -0.15) is 0 Å². The Hall–Kier alpha value is -3.28. The number of carbonyl (C=O) groups excluding carboxylic acids is 2. The number of carbonyl (C=O) groups is 2. The molecule has 6 heteroatoms. The van der Waals surface area contributed by atoms with Crippen molar-refractivity contribution in [2.24, 2.45) is 0 Å². The van der Waals surface area contributed by atoms with Crippen LogP contribution >= 0.6 is 0 Å². The molecule has 0 atom stereocenters. The van der Waals surface area contributed by atoms with Gasteiger partial charge in [0.25, 0.3) is 5.91 Å².